The van der Waals surface area contributed by atoms with Crippen LogP contribution in [0.15, 0.2) is 12.2 Å². The van der Waals surface area contributed by atoms with Gasteiger partial charge in [0.15, 0.2) is 0 Å². The predicted molar refractivity (Wildman–Crippen MR) is 123 cm³/mol. The molecule has 0 aromatic heterocycles. The zero-order chi connectivity index (χ0) is 21.9. The van der Waals surface area contributed by atoms with Gasteiger partial charge in [0.05, 0.1) is 13.2 Å². The van der Waals surface area contributed by atoms with Crippen molar-refractivity contribution in [2.75, 3.05) is 19.8 Å². The molecular weight excluding hydrogens is 380 g/mol. The second kappa shape index (κ2) is 19.2. The second-order valence-corrected chi connectivity index (χ2v) is 8.76. The topological polar surface area (TPSA) is 79.2 Å². The van der Waals surface area contributed by atoms with Crippen LogP contribution in [0.3, 0.4) is 0 Å². The number of aliphatic hydroxyl groups is 3. The van der Waals surface area contributed by atoms with Crippen LogP contribution in [0.2, 0.25) is 0 Å². The second-order valence-electron chi connectivity index (χ2n) is 8.76. The smallest absolute Gasteiger partial charge is 0.111 e. The van der Waals surface area contributed by atoms with Gasteiger partial charge in [0.25, 0.3) is 0 Å². The fourth-order valence-corrected chi connectivity index (χ4v) is 3.91. The summed E-state index contributed by atoms with van der Waals surface area (Å²) in [7, 11) is 0. The number of hydrogen-bond acceptors (Lipinski definition) is 5. The first-order valence-corrected chi connectivity index (χ1v) is 12.5. The highest BCUT2D eigenvalue weighted by Gasteiger charge is 2.37. The number of unbranched alkanes of at least 4 members (excludes halogenated alkanes) is 13. The molecule has 1 heterocycles. The Bertz CT molecular complexity index is 401. The van der Waals surface area contributed by atoms with Crippen molar-refractivity contribution in [2.45, 2.75) is 128 Å². The Morgan fingerprint density at radius 3 is 1.83 bits per heavy atom. The van der Waals surface area contributed by atoms with E-state index in [9.17, 15) is 15.3 Å². The van der Waals surface area contributed by atoms with Crippen LogP contribution in [0.1, 0.15) is 103 Å². The van der Waals surface area contributed by atoms with Gasteiger partial charge in [-0.1, -0.05) is 89.7 Å². The van der Waals surface area contributed by atoms with Gasteiger partial charge >= 0.3 is 0 Å². The Labute approximate surface area is 184 Å². The summed E-state index contributed by atoms with van der Waals surface area (Å²) < 4.78 is 10.9. The summed E-state index contributed by atoms with van der Waals surface area (Å²) in [5.74, 6) is 0. The van der Waals surface area contributed by atoms with Gasteiger partial charge in [-0.25, -0.2) is 0 Å². The Hall–Kier alpha value is -0.460. The summed E-state index contributed by atoms with van der Waals surface area (Å²) in [5, 5.41) is 28.9. The number of hydrogen-bond donors (Lipinski definition) is 3. The molecule has 0 aliphatic carbocycles. The Kier molecular flexibility index (Phi) is 17.7. The monoisotopic (exact) mass is 428 g/mol. The molecule has 5 nitrogen and oxygen atoms in total. The van der Waals surface area contributed by atoms with Gasteiger partial charge in [0.2, 0.25) is 0 Å². The van der Waals surface area contributed by atoms with Crippen molar-refractivity contribution >= 4 is 0 Å². The number of aliphatic hydroxyl groups excluding tert-OH is 3. The highest BCUT2D eigenvalue weighted by atomic mass is 16.6. The molecule has 4 atom stereocenters. The van der Waals surface area contributed by atoms with E-state index in [0.717, 1.165) is 12.8 Å². The molecule has 0 spiro atoms. The SMILES string of the molecule is CC/C=C/CCCCCCCCCCCCCCCOC[C@H]1OC[C@H](O)[C@@H](O)[C@@H]1O. The molecule has 0 amide bonds. The predicted octanol–water partition coefficient (Wildman–Crippen LogP) is 4.91. The lowest BCUT2D eigenvalue weighted by Gasteiger charge is -2.35. The van der Waals surface area contributed by atoms with Crippen molar-refractivity contribution in [1.29, 1.82) is 0 Å². The van der Waals surface area contributed by atoms with Gasteiger partial charge in [0, 0.05) is 6.61 Å². The van der Waals surface area contributed by atoms with E-state index in [-0.39, 0.29) is 13.2 Å². The van der Waals surface area contributed by atoms with Crippen molar-refractivity contribution < 1.29 is 24.8 Å². The molecule has 178 valence electrons. The van der Waals surface area contributed by atoms with Crippen LogP contribution in [0.25, 0.3) is 0 Å². The molecule has 1 aliphatic rings. The molecular formula is C25H48O5. The van der Waals surface area contributed by atoms with Crippen molar-refractivity contribution in [2.24, 2.45) is 0 Å². The van der Waals surface area contributed by atoms with Gasteiger partial charge < -0.3 is 24.8 Å². The van der Waals surface area contributed by atoms with Gasteiger partial charge in [-0.3, -0.25) is 0 Å². The van der Waals surface area contributed by atoms with E-state index < -0.39 is 24.4 Å². The van der Waals surface area contributed by atoms with E-state index in [0.29, 0.717) is 6.61 Å². The molecule has 0 aromatic carbocycles. The average Bonchev–Trinajstić information content (AvgIpc) is 2.75. The maximum atomic E-state index is 9.84. The largest absolute Gasteiger partial charge is 0.388 e. The Balaban J connectivity index is 1.75. The molecule has 3 N–H and O–H groups in total. The quantitative estimate of drug-likeness (QED) is 0.201. The molecule has 0 saturated carbocycles. The summed E-state index contributed by atoms with van der Waals surface area (Å²) >= 11 is 0. The van der Waals surface area contributed by atoms with Crippen LogP contribution in [0.4, 0.5) is 0 Å². The number of rotatable bonds is 19. The molecule has 1 aliphatic heterocycles. The summed E-state index contributed by atoms with van der Waals surface area (Å²) in [6.07, 6.45) is 20.4. The van der Waals surface area contributed by atoms with Gasteiger partial charge in [0.1, 0.15) is 24.4 Å². The standard InChI is InChI=1S/C25H48O5/c1-2-3-4-5-6-7-8-9-10-11-12-13-14-15-16-17-18-19-29-21-23-25(28)24(27)22(26)20-30-23/h3-4,22-28H,2,5-21H2,1H3/b4-3+/t22-,23+,24+,25+/m0/s1. The first kappa shape index (κ1) is 27.6. The first-order chi connectivity index (χ1) is 14.7. The minimum absolute atomic E-state index is 0.0448. The number of allylic oxidation sites excluding steroid dienone is 2. The van der Waals surface area contributed by atoms with E-state index in [1.807, 2.05) is 0 Å². The third-order valence-electron chi connectivity index (χ3n) is 5.95. The minimum atomic E-state index is -1.15. The Morgan fingerprint density at radius 1 is 0.733 bits per heavy atom. The van der Waals surface area contributed by atoms with Gasteiger partial charge in [-0.05, 0) is 25.7 Å². The molecule has 5 heteroatoms. The third kappa shape index (κ3) is 13.8. The molecule has 1 fully saturated rings. The lowest BCUT2D eigenvalue weighted by molar-refractivity contribution is -0.199. The van der Waals surface area contributed by atoms with Gasteiger partial charge in [-0.2, -0.15) is 0 Å². The van der Waals surface area contributed by atoms with E-state index in [1.165, 1.54) is 83.5 Å². The highest BCUT2D eigenvalue weighted by molar-refractivity contribution is 4.86. The summed E-state index contributed by atoms with van der Waals surface area (Å²) in [5.41, 5.74) is 0. The van der Waals surface area contributed by atoms with Crippen LogP contribution in [0, 0.1) is 0 Å². The van der Waals surface area contributed by atoms with Crippen molar-refractivity contribution in [1.82, 2.24) is 0 Å². The van der Waals surface area contributed by atoms with Crippen LogP contribution in [-0.2, 0) is 9.47 Å². The fourth-order valence-electron chi connectivity index (χ4n) is 3.91. The molecule has 0 bridgehead atoms. The minimum Gasteiger partial charge on any atom is -0.388 e. The maximum Gasteiger partial charge on any atom is 0.111 e. The highest BCUT2D eigenvalue weighted by Crippen LogP contribution is 2.16. The summed E-state index contributed by atoms with van der Waals surface area (Å²) in [6.45, 7) is 3.15. The summed E-state index contributed by atoms with van der Waals surface area (Å²) in [6, 6.07) is 0. The molecule has 1 saturated heterocycles. The molecule has 0 aromatic rings. The molecule has 1 rings (SSSR count). The first-order valence-electron chi connectivity index (χ1n) is 12.5. The van der Waals surface area contributed by atoms with Gasteiger partial charge in [-0.15, -0.1) is 0 Å². The molecule has 30 heavy (non-hydrogen) atoms. The average molecular weight is 429 g/mol. The lowest BCUT2D eigenvalue weighted by Crippen LogP contribution is -2.54. The van der Waals surface area contributed by atoms with Crippen molar-refractivity contribution in [3.8, 4) is 0 Å². The van der Waals surface area contributed by atoms with Crippen LogP contribution in [-0.4, -0.2) is 59.6 Å². The van der Waals surface area contributed by atoms with Crippen LogP contribution < -0.4 is 0 Å². The normalized spacial score (nSPS) is 24.7. The van der Waals surface area contributed by atoms with E-state index in [1.54, 1.807) is 0 Å². The van der Waals surface area contributed by atoms with E-state index in [2.05, 4.69) is 19.1 Å². The summed E-state index contributed by atoms with van der Waals surface area (Å²) in [4.78, 5) is 0. The number of ether oxygens (including phenoxy) is 2. The van der Waals surface area contributed by atoms with Crippen molar-refractivity contribution in [3.63, 3.8) is 0 Å². The third-order valence-corrected chi connectivity index (χ3v) is 5.95. The maximum absolute atomic E-state index is 9.84. The van der Waals surface area contributed by atoms with E-state index >= 15 is 0 Å². The van der Waals surface area contributed by atoms with Crippen LogP contribution in [0.5, 0.6) is 0 Å². The fraction of sp³-hybridized carbons (Fsp3) is 0.920. The zero-order valence-corrected chi connectivity index (χ0v) is 19.4. The molecule has 0 unspecified atom stereocenters. The molecule has 0 radical (unpaired) electrons. The van der Waals surface area contributed by atoms with Crippen LogP contribution >= 0.6 is 0 Å². The zero-order valence-electron chi connectivity index (χ0n) is 19.4. The van der Waals surface area contributed by atoms with E-state index in [4.69, 9.17) is 9.47 Å². The van der Waals surface area contributed by atoms with Crippen molar-refractivity contribution in [3.05, 3.63) is 12.2 Å². The Morgan fingerprint density at radius 2 is 1.27 bits per heavy atom. The lowest BCUT2D eigenvalue weighted by atomic mass is 10.0.